The molecule has 0 atom stereocenters. The van der Waals surface area contributed by atoms with E-state index in [4.69, 9.17) is 5.11 Å². The van der Waals surface area contributed by atoms with Gasteiger partial charge in [-0.15, -0.1) is 0 Å². The Kier molecular flexibility index (Phi) is 4.40. The van der Waals surface area contributed by atoms with E-state index in [1.54, 1.807) is 6.92 Å². The molecule has 0 bridgehead atoms. The minimum Gasteiger partial charge on any atom is -0.481 e. The molecule has 1 aliphatic rings. The number of aliphatic carboxylic acids is 1. The fourth-order valence-electron chi connectivity index (χ4n) is 2.91. The summed E-state index contributed by atoms with van der Waals surface area (Å²) < 4.78 is 0. The normalized spacial score (nSPS) is 17.2. The maximum atomic E-state index is 11.1. The van der Waals surface area contributed by atoms with Crippen molar-refractivity contribution in [1.29, 1.82) is 0 Å². The summed E-state index contributed by atoms with van der Waals surface area (Å²) in [7, 11) is 0. The number of carboxylic acids is 1. The summed E-state index contributed by atoms with van der Waals surface area (Å²) in [5.41, 5.74) is 0.0892. The lowest BCUT2D eigenvalue weighted by molar-refractivity contribution is -0.385. The SMILES string of the molecule is Cc1cc([N+](=O)[O-])cnc1NC1(CC(=O)O)CCCCC1. The van der Waals surface area contributed by atoms with E-state index < -0.39 is 16.4 Å². The van der Waals surface area contributed by atoms with E-state index in [0.717, 1.165) is 32.1 Å². The zero-order chi connectivity index (χ0) is 15.5. The molecular formula is C14H19N3O4. The number of carbonyl (C=O) groups is 1. The number of nitrogens with zero attached hydrogens (tertiary/aromatic N) is 2. The van der Waals surface area contributed by atoms with Crippen molar-refractivity contribution in [1.82, 2.24) is 4.98 Å². The number of hydrogen-bond acceptors (Lipinski definition) is 5. The Morgan fingerprint density at radius 1 is 1.48 bits per heavy atom. The Labute approximate surface area is 122 Å². The zero-order valence-corrected chi connectivity index (χ0v) is 12.0. The van der Waals surface area contributed by atoms with Crippen LogP contribution in [0.25, 0.3) is 0 Å². The van der Waals surface area contributed by atoms with Crippen LogP contribution in [0.4, 0.5) is 11.5 Å². The van der Waals surface area contributed by atoms with Gasteiger partial charge in [0.25, 0.3) is 5.69 Å². The monoisotopic (exact) mass is 293 g/mol. The Hall–Kier alpha value is -2.18. The largest absolute Gasteiger partial charge is 0.481 e. The van der Waals surface area contributed by atoms with Crippen LogP contribution in [0.5, 0.6) is 0 Å². The number of hydrogen-bond donors (Lipinski definition) is 2. The minimum atomic E-state index is -0.844. The van der Waals surface area contributed by atoms with E-state index in [9.17, 15) is 14.9 Å². The first kappa shape index (κ1) is 15.2. The second-order valence-corrected chi connectivity index (χ2v) is 5.65. The third-order valence-corrected chi connectivity index (χ3v) is 3.96. The molecule has 7 heteroatoms. The van der Waals surface area contributed by atoms with Crippen LogP contribution in [0, 0.1) is 17.0 Å². The van der Waals surface area contributed by atoms with Crippen LogP contribution in [-0.2, 0) is 4.79 Å². The van der Waals surface area contributed by atoms with Gasteiger partial charge in [-0.05, 0) is 25.3 Å². The van der Waals surface area contributed by atoms with Crippen molar-refractivity contribution in [2.45, 2.75) is 51.0 Å². The van der Waals surface area contributed by atoms with Crippen LogP contribution in [0.1, 0.15) is 44.1 Å². The minimum absolute atomic E-state index is 0.0328. The Morgan fingerprint density at radius 3 is 2.67 bits per heavy atom. The highest BCUT2D eigenvalue weighted by atomic mass is 16.6. The molecule has 0 radical (unpaired) electrons. The fraction of sp³-hybridized carbons (Fsp3) is 0.571. The number of aryl methyl sites for hydroxylation is 1. The number of rotatable bonds is 5. The predicted molar refractivity (Wildman–Crippen MR) is 77.3 cm³/mol. The number of carboxylic acid groups (broad SMARTS) is 1. The smallest absolute Gasteiger partial charge is 0.305 e. The van der Waals surface area contributed by atoms with E-state index in [1.165, 1.54) is 12.3 Å². The van der Waals surface area contributed by atoms with Gasteiger partial charge < -0.3 is 10.4 Å². The van der Waals surface area contributed by atoms with E-state index in [1.807, 2.05) is 0 Å². The second-order valence-electron chi connectivity index (χ2n) is 5.65. The van der Waals surface area contributed by atoms with Crippen molar-refractivity contribution in [2.24, 2.45) is 0 Å². The summed E-state index contributed by atoms with van der Waals surface area (Å²) in [6, 6.07) is 1.45. The van der Waals surface area contributed by atoms with Gasteiger partial charge in [-0.25, -0.2) is 4.98 Å². The van der Waals surface area contributed by atoms with Gasteiger partial charge in [0.15, 0.2) is 0 Å². The lowest BCUT2D eigenvalue weighted by Crippen LogP contribution is -2.42. The summed E-state index contributed by atoms with van der Waals surface area (Å²) >= 11 is 0. The Bertz CT molecular complexity index is 553. The van der Waals surface area contributed by atoms with Gasteiger partial charge in [0.2, 0.25) is 0 Å². The molecule has 0 saturated heterocycles. The van der Waals surface area contributed by atoms with Gasteiger partial charge in [0.1, 0.15) is 12.0 Å². The molecule has 7 nitrogen and oxygen atoms in total. The average Bonchev–Trinajstić information content (AvgIpc) is 2.41. The van der Waals surface area contributed by atoms with Crippen molar-refractivity contribution in [3.8, 4) is 0 Å². The molecular weight excluding hydrogens is 274 g/mol. The molecule has 1 aromatic rings. The molecule has 0 unspecified atom stereocenters. The molecule has 2 N–H and O–H groups in total. The third kappa shape index (κ3) is 3.68. The van der Waals surface area contributed by atoms with E-state index in [2.05, 4.69) is 10.3 Å². The topological polar surface area (TPSA) is 105 Å². The fourth-order valence-corrected chi connectivity index (χ4v) is 2.91. The molecule has 0 aliphatic heterocycles. The van der Waals surface area contributed by atoms with Gasteiger partial charge in [0.05, 0.1) is 11.3 Å². The third-order valence-electron chi connectivity index (χ3n) is 3.96. The molecule has 114 valence electrons. The molecule has 1 saturated carbocycles. The van der Waals surface area contributed by atoms with Crippen molar-refractivity contribution in [3.63, 3.8) is 0 Å². The Balaban J connectivity index is 2.24. The maximum absolute atomic E-state index is 11.1. The average molecular weight is 293 g/mol. The van der Waals surface area contributed by atoms with Gasteiger partial charge in [-0.3, -0.25) is 14.9 Å². The summed E-state index contributed by atoms with van der Waals surface area (Å²) in [4.78, 5) is 25.5. The van der Waals surface area contributed by atoms with Crippen molar-refractivity contribution >= 4 is 17.5 Å². The lowest BCUT2D eigenvalue weighted by Gasteiger charge is -2.37. The number of aromatic nitrogens is 1. The number of nitro groups is 1. The molecule has 21 heavy (non-hydrogen) atoms. The second kappa shape index (κ2) is 6.07. The number of pyridine rings is 1. The van der Waals surface area contributed by atoms with Crippen molar-refractivity contribution in [3.05, 3.63) is 27.9 Å². The highest BCUT2D eigenvalue weighted by Gasteiger charge is 2.35. The molecule has 1 fully saturated rings. The van der Waals surface area contributed by atoms with E-state index >= 15 is 0 Å². The standard InChI is InChI=1S/C14H19N3O4/c1-10-7-11(17(20)21)9-15-13(10)16-14(8-12(18)19)5-3-2-4-6-14/h7,9H,2-6,8H2,1H3,(H,15,16)(H,18,19). The van der Waals surface area contributed by atoms with E-state index in [0.29, 0.717) is 11.4 Å². The van der Waals surface area contributed by atoms with Crippen LogP contribution in [0.3, 0.4) is 0 Å². The first-order valence-corrected chi connectivity index (χ1v) is 7.03. The lowest BCUT2D eigenvalue weighted by atomic mass is 9.79. The van der Waals surface area contributed by atoms with Gasteiger partial charge in [-0.2, -0.15) is 0 Å². The van der Waals surface area contributed by atoms with Crippen LogP contribution < -0.4 is 5.32 Å². The molecule has 2 rings (SSSR count). The quantitative estimate of drug-likeness (QED) is 0.638. The maximum Gasteiger partial charge on any atom is 0.305 e. The van der Waals surface area contributed by atoms with E-state index in [-0.39, 0.29) is 12.1 Å². The van der Waals surface area contributed by atoms with Crippen LogP contribution in [0.15, 0.2) is 12.3 Å². The first-order chi connectivity index (χ1) is 9.92. The summed E-state index contributed by atoms with van der Waals surface area (Å²) in [6.07, 6.45) is 5.85. The van der Waals surface area contributed by atoms with Crippen molar-refractivity contribution < 1.29 is 14.8 Å². The molecule has 0 spiro atoms. The van der Waals surface area contributed by atoms with Gasteiger partial charge in [0, 0.05) is 11.6 Å². The van der Waals surface area contributed by atoms with Crippen LogP contribution in [0.2, 0.25) is 0 Å². The molecule has 0 amide bonds. The van der Waals surface area contributed by atoms with Gasteiger partial charge in [-0.1, -0.05) is 19.3 Å². The molecule has 1 aliphatic carbocycles. The summed E-state index contributed by atoms with van der Waals surface area (Å²) in [5.74, 6) is -0.312. The van der Waals surface area contributed by atoms with Crippen LogP contribution >= 0.6 is 0 Å². The molecule has 1 aromatic heterocycles. The summed E-state index contributed by atoms with van der Waals surface area (Å²) in [5, 5.41) is 23.1. The predicted octanol–water partition coefficient (Wildman–Crippen LogP) is 2.89. The highest BCUT2D eigenvalue weighted by Crippen LogP contribution is 2.35. The molecule has 0 aromatic carbocycles. The van der Waals surface area contributed by atoms with Crippen molar-refractivity contribution in [2.75, 3.05) is 5.32 Å². The number of anilines is 1. The number of nitrogens with one attached hydrogen (secondary N) is 1. The first-order valence-electron chi connectivity index (χ1n) is 7.03. The summed E-state index contributed by atoms with van der Waals surface area (Å²) in [6.45, 7) is 1.74. The highest BCUT2D eigenvalue weighted by molar-refractivity contribution is 5.69. The Morgan fingerprint density at radius 2 is 2.14 bits per heavy atom. The van der Waals surface area contributed by atoms with Crippen LogP contribution in [-0.4, -0.2) is 26.5 Å². The zero-order valence-electron chi connectivity index (χ0n) is 12.0. The van der Waals surface area contributed by atoms with Gasteiger partial charge >= 0.3 is 5.97 Å². The molecule has 1 heterocycles.